The highest BCUT2D eigenvalue weighted by atomic mass is 32.1. The fraction of sp³-hybridized carbons (Fsp3) is 0.500. The van der Waals surface area contributed by atoms with Crippen LogP contribution in [0.2, 0.25) is 0 Å². The summed E-state index contributed by atoms with van der Waals surface area (Å²) < 4.78 is 4.98. The standard InChI is InChI=1S/C20H27N5O3S/c1-14-5-3-4-11-25(14)12-10-21-18(26)15-6-8-16(9-7-15)22-19(27)20-24-23-17(29-20)13-28-2/h6-9,14H,3-5,10-13H2,1-2H3,(H,21,26)(H,22,27)/t14-/m0/s1. The van der Waals surface area contributed by atoms with Crippen LogP contribution in [0.3, 0.4) is 0 Å². The Morgan fingerprint density at radius 3 is 2.72 bits per heavy atom. The summed E-state index contributed by atoms with van der Waals surface area (Å²) in [7, 11) is 1.56. The Kier molecular flexibility index (Phi) is 7.68. The lowest BCUT2D eigenvalue weighted by Gasteiger charge is -2.33. The van der Waals surface area contributed by atoms with Gasteiger partial charge in [-0.05, 0) is 50.6 Å². The minimum absolute atomic E-state index is 0.110. The molecule has 29 heavy (non-hydrogen) atoms. The highest BCUT2D eigenvalue weighted by Gasteiger charge is 2.18. The molecule has 9 heteroatoms. The molecule has 0 bridgehead atoms. The predicted molar refractivity (Wildman–Crippen MR) is 112 cm³/mol. The molecule has 1 atom stereocenters. The van der Waals surface area contributed by atoms with Crippen LogP contribution in [0, 0.1) is 0 Å². The number of likely N-dealkylation sites (tertiary alicyclic amines) is 1. The van der Waals surface area contributed by atoms with E-state index in [0.717, 1.165) is 13.1 Å². The number of carbonyl (C=O) groups excluding carboxylic acids is 2. The molecule has 1 aliphatic rings. The van der Waals surface area contributed by atoms with Crippen molar-refractivity contribution in [2.45, 2.75) is 38.8 Å². The maximum absolute atomic E-state index is 12.3. The first kappa shape index (κ1) is 21.4. The highest BCUT2D eigenvalue weighted by molar-refractivity contribution is 7.13. The van der Waals surface area contributed by atoms with Crippen molar-refractivity contribution < 1.29 is 14.3 Å². The van der Waals surface area contributed by atoms with Crippen molar-refractivity contribution in [2.75, 3.05) is 32.1 Å². The number of nitrogens with zero attached hydrogens (tertiary/aromatic N) is 3. The summed E-state index contributed by atoms with van der Waals surface area (Å²) in [5, 5.41) is 14.4. The van der Waals surface area contributed by atoms with E-state index in [1.165, 1.54) is 30.6 Å². The molecule has 2 heterocycles. The Bertz CT molecular complexity index is 824. The predicted octanol–water partition coefficient (Wildman–Crippen LogP) is 2.54. The van der Waals surface area contributed by atoms with Crippen molar-refractivity contribution in [3.63, 3.8) is 0 Å². The number of carbonyl (C=O) groups is 2. The molecule has 0 aliphatic carbocycles. The van der Waals surface area contributed by atoms with Crippen LogP contribution < -0.4 is 10.6 Å². The van der Waals surface area contributed by atoms with E-state index in [4.69, 9.17) is 4.74 Å². The van der Waals surface area contributed by atoms with Crippen molar-refractivity contribution in [1.29, 1.82) is 0 Å². The van der Waals surface area contributed by atoms with Gasteiger partial charge in [0.2, 0.25) is 5.01 Å². The number of aromatic nitrogens is 2. The van der Waals surface area contributed by atoms with Crippen LogP contribution in [0.1, 0.15) is 51.4 Å². The van der Waals surface area contributed by atoms with Gasteiger partial charge in [0.1, 0.15) is 5.01 Å². The van der Waals surface area contributed by atoms with Crippen LogP contribution in [0.15, 0.2) is 24.3 Å². The molecule has 156 valence electrons. The second kappa shape index (κ2) is 10.4. The van der Waals surface area contributed by atoms with Gasteiger partial charge in [0, 0.05) is 37.5 Å². The number of nitrogens with one attached hydrogen (secondary N) is 2. The fourth-order valence-corrected chi connectivity index (χ4v) is 4.03. The normalized spacial score (nSPS) is 17.1. The van der Waals surface area contributed by atoms with Gasteiger partial charge in [0.05, 0.1) is 6.61 Å². The van der Waals surface area contributed by atoms with Crippen LogP contribution >= 0.6 is 11.3 Å². The molecule has 0 spiro atoms. The molecule has 1 aromatic carbocycles. The molecule has 2 aromatic rings. The first-order chi connectivity index (χ1) is 14.1. The number of hydrogen-bond donors (Lipinski definition) is 2. The molecular weight excluding hydrogens is 390 g/mol. The number of methoxy groups -OCH3 is 1. The summed E-state index contributed by atoms with van der Waals surface area (Å²) in [6.45, 7) is 5.17. The van der Waals surface area contributed by atoms with E-state index >= 15 is 0 Å². The summed E-state index contributed by atoms with van der Waals surface area (Å²) in [6, 6.07) is 7.39. The molecule has 0 saturated carbocycles. The molecule has 1 aliphatic heterocycles. The summed E-state index contributed by atoms with van der Waals surface area (Å²) in [5.74, 6) is -0.446. The summed E-state index contributed by atoms with van der Waals surface area (Å²) in [6.07, 6.45) is 3.75. The van der Waals surface area contributed by atoms with Crippen molar-refractivity contribution in [3.8, 4) is 0 Å². The maximum atomic E-state index is 12.3. The number of ether oxygens (including phenoxy) is 1. The molecule has 3 rings (SSSR count). The number of rotatable bonds is 8. The van der Waals surface area contributed by atoms with E-state index in [2.05, 4.69) is 32.7 Å². The van der Waals surface area contributed by atoms with Crippen molar-refractivity contribution >= 4 is 28.8 Å². The first-order valence-corrected chi connectivity index (χ1v) is 10.6. The Morgan fingerprint density at radius 2 is 2.00 bits per heavy atom. The lowest BCUT2D eigenvalue weighted by Crippen LogP contribution is -2.42. The number of amides is 2. The minimum atomic E-state index is -0.335. The Balaban J connectivity index is 1.47. The summed E-state index contributed by atoms with van der Waals surface area (Å²) in [4.78, 5) is 27.0. The molecule has 0 radical (unpaired) electrons. The molecule has 8 nitrogen and oxygen atoms in total. The number of hydrogen-bond acceptors (Lipinski definition) is 7. The largest absolute Gasteiger partial charge is 0.377 e. The fourth-order valence-electron chi connectivity index (χ4n) is 3.32. The number of anilines is 1. The van der Waals surface area contributed by atoms with Gasteiger partial charge in [0.25, 0.3) is 11.8 Å². The van der Waals surface area contributed by atoms with Gasteiger partial charge in [0.15, 0.2) is 0 Å². The third kappa shape index (κ3) is 6.06. The molecule has 0 unspecified atom stereocenters. The third-order valence-electron chi connectivity index (χ3n) is 4.96. The van der Waals surface area contributed by atoms with E-state index < -0.39 is 0 Å². The zero-order valence-electron chi connectivity index (χ0n) is 16.8. The summed E-state index contributed by atoms with van der Waals surface area (Å²) in [5.41, 5.74) is 1.16. The Morgan fingerprint density at radius 1 is 1.21 bits per heavy atom. The maximum Gasteiger partial charge on any atom is 0.286 e. The third-order valence-corrected chi connectivity index (χ3v) is 5.85. The van der Waals surface area contributed by atoms with Crippen molar-refractivity contribution in [2.24, 2.45) is 0 Å². The van der Waals surface area contributed by atoms with Crippen LogP contribution in [-0.2, 0) is 11.3 Å². The van der Waals surface area contributed by atoms with Gasteiger partial charge >= 0.3 is 0 Å². The number of piperidine rings is 1. The van der Waals surface area contributed by atoms with E-state index in [-0.39, 0.29) is 16.8 Å². The highest BCUT2D eigenvalue weighted by Crippen LogP contribution is 2.16. The zero-order chi connectivity index (χ0) is 20.6. The van der Waals surface area contributed by atoms with E-state index in [1.807, 2.05) is 0 Å². The average molecular weight is 418 g/mol. The van der Waals surface area contributed by atoms with E-state index in [9.17, 15) is 9.59 Å². The SMILES string of the molecule is COCc1nnc(C(=O)Nc2ccc(C(=O)NCCN3CCCC[C@@H]3C)cc2)s1. The van der Waals surface area contributed by atoms with Crippen molar-refractivity contribution in [3.05, 3.63) is 39.8 Å². The van der Waals surface area contributed by atoms with Gasteiger partial charge in [-0.1, -0.05) is 17.8 Å². The molecule has 2 amide bonds. The quantitative estimate of drug-likeness (QED) is 0.685. The van der Waals surface area contributed by atoms with Gasteiger partial charge in [-0.3, -0.25) is 14.5 Å². The molecule has 2 N–H and O–H groups in total. The Labute approximate surface area is 174 Å². The van der Waals surface area contributed by atoms with Crippen LogP contribution in [-0.4, -0.2) is 59.7 Å². The number of benzene rings is 1. The first-order valence-electron chi connectivity index (χ1n) is 9.82. The zero-order valence-corrected chi connectivity index (χ0v) is 17.6. The van der Waals surface area contributed by atoms with Crippen molar-refractivity contribution in [1.82, 2.24) is 20.4 Å². The molecule has 1 saturated heterocycles. The molecular formula is C20H27N5O3S. The lowest BCUT2D eigenvalue weighted by atomic mass is 10.0. The smallest absolute Gasteiger partial charge is 0.286 e. The lowest BCUT2D eigenvalue weighted by molar-refractivity contribution is 0.0938. The van der Waals surface area contributed by atoms with Gasteiger partial charge < -0.3 is 15.4 Å². The minimum Gasteiger partial charge on any atom is -0.377 e. The molecule has 1 fully saturated rings. The Hall–Kier alpha value is -2.36. The van der Waals surface area contributed by atoms with E-state index in [1.54, 1.807) is 31.4 Å². The van der Waals surface area contributed by atoms with E-state index in [0.29, 0.717) is 35.5 Å². The molecule has 1 aromatic heterocycles. The summed E-state index contributed by atoms with van der Waals surface area (Å²) >= 11 is 1.19. The van der Waals surface area contributed by atoms with Crippen LogP contribution in [0.5, 0.6) is 0 Å². The topological polar surface area (TPSA) is 96.5 Å². The van der Waals surface area contributed by atoms with Gasteiger partial charge in [-0.2, -0.15) is 0 Å². The van der Waals surface area contributed by atoms with Crippen LogP contribution in [0.4, 0.5) is 5.69 Å². The van der Waals surface area contributed by atoms with Gasteiger partial charge in [-0.25, -0.2) is 0 Å². The second-order valence-corrected chi connectivity index (χ2v) is 8.16. The monoisotopic (exact) mass is 417 g/mol. The average Bonchev–Trinajstić information content (AvgIpc) is 3.19. The van der Waals surface area contributed by atoms with Gasteiger partial charge in [-0.15, -0.1) is 10.2 Å². The second-order valence-electron chi connectivity index (χ2n) is 7.10. The van der Waals surface area contributed by atoms with Crippen LogP contribution in [0.25, 0.3) is 0 Å².